The lowest BCUT2D eigenvalue weighted by Gasteiger charge is -2.32. The minimum atomic E-state index is -0.140. The molecule has 1 rings (SSSR count). The molecule has 0 aromatic rings. The molecular formula is C12H23N3O2. The van der Waals surface area contributed by atoms with E-state index in [0.29, 0.717) is 13.2 Å². The van der Waals surface area contributed by atoms with Gasteiger partial charge in [0.15, 0.2) is 6.29 Å². The molecular weight excluding hydrogens is 218 g/mol. The third-order valence-electron chi connectivity index (χ3n) is 2.86. The van der Waals surface area contributed by atoms with E-state index in [1.165, 1.54) is 0 Å². The molecule has 0 aromatic carbocycles. The molecule has 0 saturated carbocycles. The van der Waals surface area contributed by atoms with Gasteiger partial charge in [0, 0.05) is 45.8 Å². The van der Waals surface area contributed by atoms with Gasteiger partial charge in [-0.15, -0.1) is 0 Å². The van der Waals surface area contributed by atoms with Crippen LogP contribution in [-0.2, 0) is 9.47 Å². The number of hydrogen-bond donors (Lipinski definition) is 1. The van der Waals surface area contributed by atoms with Gasteiger partial charge in [0.1, 0.15) is 6.04 Å². The normalized spacial score (nSPS) is 21.6. The Bertz CT molecular complexity index is 236. The van der Waals surface area contributed by atoms with Crippen molar-refractivity contribution in [3.8, 4) is 6.07 Å². The van der Waals surface area contributed by atoms with Crippen LogP contribution in [0.3, 0.4) is 0 Å². The van der Waals surface area contributed by atoms with E-state index < -0.39 is 0 Å². The highest BCUT2D eigenvalue weighted by atomic mass is 16.7. The highest BCUT2D eigenvalue weighted by Crippen LogP contribution is 2.07. The fourth-order valence-corrected chi connectivity index (χ4v) is 2.00. The van der Waals surface area contributed by atoms with Crippen molar-refractivity contribution in [3.05, 3.63) is 0 Å². The standard InChI is InChI=1S/C12H23N3O2/c1-3-16-12(17-4-2)5-7-15-8-6-14-10-11(15)9-13/h11-12,14H,3-8,10H2,1-2H3. The monoisotopic (exact) mass is 241 g/mol. The summed E-state index contributed by atoms with van der Waals surface area (Å²) in [6.07, 6.45) is 0.680. The van der Waals surface area contributed by atoms with Crippen molar-refractivity contribution in [2.24, 2.45) is 0 Å². The number of nitrogens with one attached hydrogen (secondary N) is 1. The highest BCUT2D eigenvalue weighted by Gasteiger charge is 2.22. The van der Waals surface area contributed by atoms with Gasteiger partial charge in [-0.05, 0) is 13.8 Å². The van der Waals surface area contributed by atoms with E-state index in [2.05, 4.69) is 16.3 Å². The van der Waals surface area contributed by atoms with E-state index in [1.807, 2.05) is 13.8 Å². The van der Waals surface area contributed by atoms with Crippen LogP contribution < -0.4 is 5.32 Å². The minimum absolute atomic E-state index is 0.0207. The Morgan fingerprint density at radius 3 is 2.71 bits per heavy atom. The van der Waals surface area contributed by atoms with Crippen LogP contribution in [0.4, 0.5) is 0 Å². The molecule has 0 radical (unpaired) electrons. The smallest absolute Gasteiger partial charge is 0.158 e. The fourth-order valence-electron chi connectivity index (χ4n) is 2.00. The molecule has 5 heteroatoms. The third kappa shape index (κ3) is 5.00. The molecule has 0 spiro atoms. The Hall–Kier alpha value is -0.670. The lowest BCUT2D eigenvalue weighted by Crippen LogP contribution is -2.51. The van der Waals surface area contributed by atoms with Crippen molar-refractivity contribution < 1.29 is 9.47 Å². The molecule has 1 heterocycles. The average Bonchev–Trinajstić information content (AvgIpc) is 2.37. The molecule has 0 aromatic heterocycles. The number of rotatable bonds is 7. The van der Waals surface area contributed by atoms with E-state index in [0.717, 1.165) is 32.6 Å². The zero-order valence-corrected chi connectivity index (χ0v) is 10.8. The Kier molecular flexibility index (Phi) is 7.13. The molecule has 98 valence electrons. The van der Waals surface area contributed by atoms with Crippen LogP contribution in [0.1, 0.15) is 20.3 Å². The van der Waals surface area contributed by atoms with Crippen molar-refractivity contribution >= 4 is 0 Å². The van der Waals surface area contributed by atoms with Gasteiger partial charge in [0.2, 0.25) is 0 Å². The van der Waals surface area contributed by atoms with Crippen LogP contribution in [0.25, 0.3) is 0 Å². The second-order valence-electron chi connectivity index (χ2n) is 4.01. The molecule has 0 amide bonds. The lowest BCUT2D eigenvalue weighted by molar-refractivity contribution is -0.142. The summed E-state index contributed by atoms with van der Waals surface area (Å²) in [6, 6.07) is 2.30. The maximum atomic E-state index is 9.04. The molecule has 1 unspecified atom stereocenters. The summed E-state index contributed by atoms with van der Waals surface area (Å²) in [4.78, 5) is 2.20. The van der Waals surface area contributed by atoms with E-state index in [-0.39, 0.29) is 12.3 Å². The zero-order chi connectivity index (χ0) is 12.5. The van der Waals surface area contributed by atoms with Gasteiger partial charge in [-0.3, -0.25) is 4.90 Å². The summed E-state index contributed by atoms with van der Waals surface area (Å²) in [7, 11) is 0. The summed E-state index contributed by atoms with van der Waals surface area (Å²) in [6.45, 7) is 8.73. The van der Waals surface area contributed by atoms with Crippen LogP contribution in [0.15, 0.2) is 0 Å². The molecule has 1 saturated heterocycles. The quantitative estimate of drug-likeness (QED) is 0.661. The molecule has 1 aliphatic heterocycles. The zero-order valence-electron chi connectivity index (χ0n) is 10.8. The van der Waals surface area contributed by atoms with Gasteiger partial charge < -0.3 is 14.8 Å². The first-order chi connectivity index (χ1) is 8.31. The van der Waals surface area contributed by atoms with E-state index in [1.54, 1.807) is 0 Å². The van der Waals surface area contributed by atoms with Gasteiger partial charge in [0.05, 0.1) is 6.07 Å². The molecule has 5 nitrogen and oxygen atoms in total. The first kappa shape index (κ1) is 14.4. The Morgan fingerprint density at radius 1 is 1.41 bits per heavy atom. The first-order valence-corrected chi connectivity index (χ1v) is 6.39. The summed E-state index contributed by atoms with van der Waals surface area (Å²) >= 11 is 0. The maximum Gasteiger partial charge on any atom is 0.158 e. The van der Waals surface area contributed by atoms with Gasteiger partial charge in [-0.2, -0.15) is 5.26 Å². The van der Waals surface area contributed by atoms with Crippen LogP contribution >= 0.6 is 0 Å². The largest absolute Gasteiger partial charge is 0.353 e. The number of nitriles is 1. The van der Waals surface area contributed by atoms with Crippen molar-refractivity contribution in [1.82, 2.24) is 10.2 Å². The average molecular weight is 241 g/mol. The second-order valence-corrected chi connectivity index (χ2v) is 4.01. The topological polar surface area (TPSA) is 57.5 Å². The minimum Gasteiger partial charge on any atom is -0.353 e. The Morgan fingerprint density at radius 2 is 2.12 bits per heavy atom. The summed E-state index contributed by atoms with van der Waals surface area (Å²) < 4.78 is 11.0. The summed E-state index contributed by atoms with van der Waals surface area (Å²) in [5, 5.41) is 12.3. The molecule has 0 aliphatic carbocycles. The van der Waals surface area contributed by atoms with Crippen LogP contribution in [-0.4, -0.2) is 56.6 Å². The molecule has 17 heavy (non-hydrogen) atoms. The van der Waals surface area contributed by atoms with E-state index in [4.69, 9.17) is 14.7 Å². The molecule has 1 atom stereocenters. The molecule has 1 aliphatic rings. The number of hydrogen-bond acceptors (Lipinski definition) is 5. The van der Waals surface area contributed by atoms with Crippen molar-refractivity contribution in [3.63, 3.8) is 0 Å². The second kappa shape index (κ2) is 8.43. The SMILES string of the molecule is CCOC(CCN1CCNCC1C#N)OCC. The lowest BCUT2D eigenvalue weighted by atomic mass is 10.2. The predicted octanol–water partition coefficient (Wildman–Crippen LogP) is 0.573. The summed E-state index contributed by atoms with van der Waals surface area (Å²) in [5.41, 5.74) is 0. The highest BCUT2D eigenvalue weighted by molar-refractivity contribution is 4.96. The predicted molar refractivity (Wildman–Crippen MR) is 65.5 cm³/mol. The van der Waals surface area contributed by atoms with Crippen LogP contribution in [0.2, 0.25) is 0 Å². The Balaban J connectivity index is 2.33. The fraction of sp³-hybridized carbons (Fsp3) is 0.917. The number of nitrogens with zero attached hydrogens (tertiary/aromatic N) is 2. The third-order valence-corrected chi connectivity index (χ3v) is 2.86. The van der Waals surface area contributed by atoms with Crippen molar-refractivity contribution in [2.45, 2.75) is 32.6 Å². The first-order valence-electron chi connectivity index (χ1n) is 6.39. The van der Waals surface area contributed by atoms with Crippen molar-refractivity contribution in [2.75, 3.05) is 39.4 Å². The molecule has 1 fully saturated rings. The molecule has 0 bridgehead atoms. The number of ether oxygens (including phenoxy) is 2. The van der Waals surface area contributed by atoms with Crippen LogP contribution in [0, 0.1) is 11.3 Å². The van der Waals surface area contributed by atoms with Gasteiger partial charge >= 0.3 is 0 Å². The van der Waals surface area contributed by atoms with E-state index >= 15 is 0 Å². The van der Waals surface area contributed by atoms with Gasteiger partial charge in [0.25, 0.3) is 0 Å². The van der Waals surface area contributed by atoms with Crippen molar-refractivity contribution in [1.29, 1.82) is 5.26 Å². The van der Waals surface area contributed by atoms with Gasteiger partial charge in [-0.1, -0.05) is 0 Å². The number of piperazine rings is 1. The maximum absolute atomic E-state index is 9.04. The van der Waals surface area contributed by atoms with Crippen LogP contribution in [0.5, 0.6) is 0 Å². The molecule has 1 N–H and O–H groups in total. The van der Waals surface area contributed by atoms with E-state index in [9.17, 15) is 0 Å². The Labute approximate surface area is 104 Å². The van der Waals surface area contributed by atoms with Gasteiger partial charge in [-0.25, -0.2) is 0 Å². The summed E-state index contributed by atoms with van der Waals surface area (Å²) in [5.74, 6) is 0.